The van der Waals surface area contributed by atoms with Crippen LogP contribution < -0.4 is 5.32 Å². The maximum absolute atomic E-state index is 11.2. The molecule has 1 aromatic rings. The molecule has 0 fully saturated rings. The molecule has 1 unspecified atom stereocenters. The lowest BCUT2D eigenvalue weighted by Gasteiger charge is -2.25. The Morgan fingerprint density at radius 2 is 1.87 bits per heavy atom. The Kier molecular flexibility index (Phi) is 3.11. The van der Waals surface area contributed by atoms with Crippen molar-refractivity contribution in [1.29, 1.82) is 0 Å². The monoisotopic (exact) mass is 229 g/mol. The number of benzene rings is 1. The highest BCUT2D eigenvalue weighted by molar-refractivity contribution is 7.86. The first kappa shape index (κ1) is 11.7. The Labute approximate surface area is 87.9 Å². The second-order valence-electron chi connectivity index (χ2n) is 3.14. The fourth-order valence-electron chi connectivity index (χ4n) is 1.18. The van der Waals surface area contributed by atoms with Gasteiger partial charge in [0, 0.05) is 0 Å². The standard InChI is InChI=1S/C9H11NO4S/c1-9(10-7-11,15(12,13)14)8-5-3-2-4-6-8/h2-7H,1H3,(H,10,11)(H,12,13,14). The summed E-state index contributed by atoms with van der Waals surface area (Å²) >= 11 is 0. The normalized spacial score (nSPS) is 15.3. The van der Waals surface area contributed by atoms with Gasteiger partial charge in [-0.15, -0.1) is 0 Å². The van der Waals surface area contributed by atoms with Crippen LogP contribution in [-0.2, 0) is 19.8 Å². The number of hydrogen-bond donors (Lipinski definition) is 2. The molecule has 1 rings (SSSR count). The second kappa shape index (κ2) is 4.00. The SMILES string of the molecule is CC(NC=O)(c1ccccc1)S(=O)(=O)O. The third-order valence-electron chi connectivity index (χ3n) is 2.17. The predicted octanol–water partition coefficient (Wildman–Crippen LogP) is 0.493. The second-order valence-corrected chi connectivity index (χ2v) is 4.90. The van der Waals surface area contributed by atoms with Crippen molar-refractivity contribution in [2.75, 3.05) is 0 Å². The summed E-state index contributed by atoms with van der Waals surface area (Å²) in [5.74, 6) is 0. The maximum atomic E-state index is 11.2. The van der Waals surface area contributed by atoms with E-state index in [9.17, 15) is 13.2 Å². The molecule has 1 amide bonds. The number of hydrogen-bond acceptors (Lipinski definition) is 3. The van der Waals surface area contributed by atoms with E-state index in [-0.39, 0.29) is 6.41 Å². The Bertz CT molecular complexity index is 442. The van der Waals surface area contributed by atoms with Crippen molar-refractivity contribution in [1.82, 2.24) is 5.32 Å². The van der Waals surface area contributed by atoms with E-state index in [1.807, 2.05) is 0 Å². The number of carbonyl (C=O) groups is 1. The van der Waals surface area contributed by atoms with Crippen molar-refractivity contribution < 1.29 is 17.8 Å². The summed E-state index contributed by atoms with van der Waals surface area (Å²) < 4.78 is 31.4. The van der Waals surface area contributed by atoms with Gasteiger partial charge in [-0.2, -0.15) is 8.42 Å². The number of carbonyl (C=O) groups excluding carboxylic acids is 1. The summed E-state index contributed by atoms with van der Waals surface area (Å²) in [4.78, 5) is 8.54. The first-order valence-corrected chi connectivity index (χ1v) is 5.60. The molecule has 0 saturated carbocycles. The molecule has 5 nitrogen and oxygen atoms in total. The minimum atomic E-state index is -4.42. The molecule has 0 saturated heterocycles. The van der Waals surface area contributed by atoms with Crippen LogP contribution in [0.1, 0.15) is 12.5 Å². The molecule has 0 aromatic heterocycles. The van der Waals surface area contributed by atoms with E-state index >= 15 is 0 Å². The molecule has 2 N–H and O–H groups in total. The molecule has 0 radical (unpaired) electrons. The highest BCUT2D eigenvalue weighted by Gasteiger charge is 2.39. The van der Waals surface area contributed by atoms with Crippen molar-refractivity contribution in [3.05, 3.63) is 35.9 Å². The summed E-state index contributed by atoms with van der Waals surface area (Å²) in [5.41, 5.74) is 0.291. The number of rotatable bonds is 4. The summed E-state index contributed by atoms with van der Waals surface area (Å²) in [5, 5.41) is 2.10. The van der Waals surface area contributed by atoms with E-state index in [0.717, 1.165) is 0 Å². The molecular formula is C9H11NO4S. The molecule has 6 heteroatoms. The zero-order chi connectivity index (χ0) is 11.5. The van der Waals surface area contributed by atoms with Gasteiger partial charge < -0.3 is 5.32 Å². The fraction of sp³-hybridized carbons (Fsp3) is 0.222. The molecule has 1 atom stereocenters. The van der Waals surface area contributed by atoms with Crippen molar-refractivity contribution in [3.63, 3.8) is 0 Å². The van der Waals surface area contributed by atoms with Crippen molar-refractivity contribution in [2.45, 2.75) is 11.8 Å². The molecule has 0 aliphatic heterocycles. The minimum Gasteiger partial charge on any atom is -0.334 e. The van der Waals surface area contributed by atoms with Gasteiger partial charge in [-0.1, -0.05) is 30.3 Å². The number of amides is 1. The van der Waals surface area contributed by atoms with E-state index in [2.05, 4.69) is 5.32 Å². The minimum absolute atomic E-state index is 0.237. The highest BCUT2D eigenvalue weighted by Crippen LogP contribution is 2.25. The van der Waals surface area contributed by atoms with Crippen LogP contribution in [0.25, 0.3) is 0 Å². The van der Waals surface area contributed by atoms with Crippen LogP contribution in [0, 0.1) is 0 Å². The molecule has 1 aromatic carbocycles. The van der Waals surface area contributed by atoms with E-state index < -0.39 is 15.0 Å². The molecule has 0 aliphatic carbocycles. The molecule has 0 spiro atoms. The smallest absolute Gasteiger partial charge is 0.293 e. The van der Waals surface area contributed by atoms with E-state index in [1.54, 1.807) is 18.2 Å². The predicted molar refractivity (Wildman–Crippen MR) is 54.5 cm³/mol. The Hall–Kier alpha value is -1.40. The Balaban J connectivity index is 3.31. The van der Waals surface area contributed by atoms with Gasteiger partial charge in [0.2, 0.25) is 6.41 Å². The lowest BCUT2D eigenvalue weighted by Crippen LogP contribution is -2.45. The van der Waals surface area contributed by atoms with Gasteiger partial charge >= 0.3 is 0 Å². The van der Waals surface area contributed by atoms with Crippen LogP contribution in [0.5, 0.6) is 0 Å². The van der Waals surface area contributed by atoms with E-state index in [1.165, 1.54) is 19.1 Å². The maximum Gasteiger partial charge on any atom is 0.293 e. The first-order valence-electron chi connectivity index (χ1n) is 4.16. The molecular weight excluding hydrogens is 218 g/mol. The fourth-order valence-corrected chi connectivity index (χ4v) is 1.81. The van der Waals surface area contributed by atoms with Crippen molar-refractivity contribution >= 4 is 16.5 Å². The zero-order valence-electron chi connectivity index (χ0n) is 8.04. The molecule has 0 bridgehead atoms. The van der Waals surface area contributed by atoms with Gasteiger partial charge in [0.15, 0.2) is 4.87 Å². The summed E-state index contributed by atoms with van der Waals surface area (Å²) in [6.07, 6.45) is 0.237. The van der Waals surface area contributed by atoms with Gasteiger partial charge in [0.25, 0.3) is 10.1 Å². The topological polar surface area (TPSA) is 83.5 Å². The van der Waals surface area contributed by atoms with E-state index in [0.29, 0.717) is 5.56 Å². The third-order valence-corrected chi connectivity index (χ3v) is 3.56. The quantitative estimate of drug-likeness (QED) is 0.581. The Morgan fingerprint density at radius 3 is 2.27 bits per heavy atom. The molecule has 15 heavy (non-hydrogen) atoms. The lowest BCUT2D eigenvalue weighted by atomic mass is 10.1. The Morgan fingerprint density at radius 1 is 1.33 bits per heavy atom. The van der Waals surface area contributed by atoms with Gasteiger partial charge in [0.05, 0.1) is 0 Å². The van der Waals surface area contributed by atoms with Crippen LogP contribution in [0.4, 0.5) is 0 Å². The van der Waals surface area contributed by atoms with Gasteiger partial charge in [0.1, 0.15) is 0 Å². The van der Waals surface area contributed by atoms with Crippen molar-refractivity contribution in [2.24, 2.45) is 0 Å². The number of nitrogens with one attached hydrogen (secondary N) is 1. The van der Waals surface area contributed by atoms with Gasteiger partial charge in [-0.25, -0.2) is 0 Å². The first-order chi connectivity index (χ1) is 6.92. The lowest BCUT2D eigenvalue weighted by molar-refractivity contribution is -0.110. The van der Waals surface area contributed by atoms with Crippen LogP contribution in [-0.4, -0.2) is 19.4 Å². The summed E-state index contributed by atoms with van der Waals surface area (Å²) in [6.45, 7) is 1.21. The largest absolute Gasteiger partial charge is 0.334 e. The van der Waals surface area contributed by atoms with Crippen LogP contribution in [0.2, 0.25) is 0 Å². The van der Waals surface area contributed by atoms with E-state index in [4.69, 9.17) is 4.55 Å². The van der Waals surface area contributed by atoms with Crippen LogP contribution in [0.15, 0.2) is 30.3 Å². The molecule has 0 heterocycles. The molecule has 82 valence electrons. The zero-order valence-corrected chi connectivity index (χ0v) is 8.86. The summed E-state index contributed by atoms with van der Waals surface area (Å²) in [6, 6.07) is 7.94. The third kappa shape index (κ3) is 2.16. The summed E-state index contributed by atoms with van der Waals surface area (Å²) in [7, 11) is -4.42. The van der Waals surface area contributed by atoms with Crippen LogP contribution >= 0.6 is 0 Å². The highest BCUT2D eigenvalue weighted by atomic mass is 32.2. The van der Waals surface area contributed by atoms with Crippen LogP contribution in [0.3, 0.4) is 0 Å². The van der Waals surface area contributed by atoms with Gasteiger partial charge in [-0.05, 0) is 12.5 Å². The van der Waals surface area contributed by atoms with Gasteiger partial charge in [-0.3, -0.25) is 9.35 Å². The van der Waals surface area contributed by atoms with Crippen molar-refractivity contribution in [3.8, 4) is 0 Å². The average Bonchev–Trinajstić information content (AvgIpc) is 2.18. The average molecular weight is 229 g/mol. The molecule has 0 aliphatic rings.